The van der Waals surface area contributed by atoms with E-state index in [4.69, 9.17) is 9.29 Å². The summed E-state index contributed by atoms with van der Waals surface area (Å²) < 4.78 is 30.9. The minimum absolute atomic E-state index is 0.129. The lowest BCUT2D eigenvalue weighted by Crippen LogP contribution is -2.36. The number of hydrogen-bond acceptors (Lipinski definition) is 4. The van der Waals surface area contributed by atoms with Crippen LogP contribution in [0.3, 0.4) is 0 Å². The summed E-state index contributed by atoms with van der Waals surface area (Å²) >= 11 is 0. The van der Waals surface area contributed by atoms with E-state index in [0.717, 1.165) is 0 Å². The number of ether oxygens (including phenoxy) is 1. The van der Waals surface area contributed by atoms with Gasteiger partial charge in [0.15, 0.2) is 0 Å². The van der Waals surface area contributed by atoms with Gasteiger partial charge >= 0.3 is 6.09 Å². The van der Waals surface area contributed by atoms with Crippen molar-refractivity contribution in [3.05, 3.63) is 0 Å². The van der Waals surface area contributed by atoms with Crippen LogP contribution in [0, 0.1) is 0 Å². The molecule has 0 atom stereocenters. The van der Waals surface area contributed by atoms with Crippen molar-refractivity contribution in [2.24, 2.45) is 0 Å². The van der Waals surface area contributed by atoms with Crippen LogP contribution in [0.2, 0.25) is 0 Å². The van der Waals surface area contributed by atoms with Crippen molar-refractivity contribution in [1.29, 1.82) is 0 Å². The first-order valence-electron chi connectivity index (χ1n) is 4.73. The molecule has 0 heterocycles. The highest BCUT2D eigenvalue weighted by Gasteiger charge is 2.15. The molecular weight excluding hydrogens is 234 g/mol. The molecule has 1 amide bonds. The summed E-state index contributed by atoms with van der Waals surface area (Å²) in [6, 6.07) is 0.129. The lowest BCUT2D eigenvalue weighted by Gasteiger charge is -2.20. The Kier molecular flexibility index (Phi) is 7.35. The Morgan fingerprint density at radius 2 is 1.62 bits per heavy atom. The van der Waals surface area contributed by atoms with Crippen molar-refractivity contribution in [3.63, 3.8) is 0 Å². The van der Waals surface area contributed by atoms with Crippen molar-refractivity contribution >= 4 is 16.2 Å². The van der Waals surface area contributed by atoms with Gasteiger partial charge in [-0.15, -0.1) is 0 Å². The zero-order valence-electron chi connectivity index (χ0n) is 10.6. The van der Waals surface area contributed by atoms with Crippen molar-refractivity contribution in [3.8, 4) is 0 Å². The molecule has 0 aromatic heterocycles. The summed E-state index contributed by atoms with van der Waals surface area (Å²) in [5.41, 5.74) is -0.404. The second kappa shape index (κ2) is 6.70. The minimum Gasteiger partial charge on any atom is -0.444 e. The average Bonchev–Trinajstić information content (AvgIpc) is 1.72. The van der Waals surface area contributed by atoms with Gasteiger partial charge in [-0.05, 0) is 34.6 Å². The summed E-state index contributed by atoms with van der Waals surface area (Å²) in [4.78, 5) is 10.9. The van der Waals surface area contributed by atoms with Gasteiger partial charge in [-0.2, -0.15) is 8.42 Å². The lowest BCUT2D eigenvalue weighted by molar-refractivity contribution is 0.0512. The van der Waals surface area contributed by atoms with E-state index in [1.165, 1.54) is 0 Å². The highest BCUT2D eigenvalue weighted by atomic mass is 32.2. The van der Waals surface area contributed by atoms with Crippen LogP contribution in [0.25, 0.3) is 0 Å². The molecular formula is C9H21NO5S. The standard InChI is InChI=1S/C8H17NO2.CH4O3S/c1-6(2)9-7(10)11-8(3,4)5;1-5(2,3)4/h6H,1-5H3,(H,9,10);1H3,(H,2,3,4). The monoisotopic (exact) mass is 255 g/mol. The van der Waals surface area contributed by atoms with Gasteiger partial charge in [0.25, 0.3) is 10.1 Å². The molecule has 0 saturated heterocycles. The normalized spacial score (nSPS) is 11.5. The molecule has 0 spiro atoms. The summed E-state index contributed by atoms with van der Waals surface area (Å²) in [6.07, 6.45) is 0.361. The number of carbonyl (C=O) groups excluding carboxylic acids is 1. The molecule has 16 heavy (non-hydrogen) atoms. The van der Waals surface area contributed by atoms with Crippen LogP contribution in [-0.2, 0) is 14.9 Å². The molecule has 0 rings (SSSR count). The molecule has 0 aliphatic carbocycles. The number of rotatable bonds is 1. The largest absolute Gasteiger partial charge is 0.444 e. The van der Waals surface area contributed by atoms with Gasteiger partial charge in [-0.3, -0.25) is 4.55 Å². The van der Waals surface area contributed by atoms with Crippen molar-refractivity contribution in [2.45, 2.75) is 46.3 Å². The fraction of sp³-hybridized carbons (Fsp3) is 0.889. The predicted octanol–water partition coefficient (Wildman–Crippen LogP) is 1.42. The third-order valence-corrected chi connectivity index (χ3v) is 0.805. The molecule has 98 valence electrons. The number of hydrogen-bond donors (Lipinski definition) is 2. The van der Waals surface area contributed by atoms with Crippen LogP contribution in [0.1, 0.15) is 34.6 Å². The number of nitrogens with one attached hydrogen (secondary N) is 1. The van der Waals surface area contributed by atoms with Crippen molar-refractivity contribution in [1.82, 2.24) is 5.32 Å². The van der Waals surface area contributed by atoms with Crippen LogP contribution < -0.4 is 5.32 Å². The number of amides is 1. The van der Waals surface area contributed by atoms with Gasteiger partial charge in [0.1, 0.15) is 5.60 Å². The maximum atomic E-state index is 10.9. The molecule has 0 unspecified atom stereocenters. The molecule has 6 nitrogen and oxygen atoms in total. The zero-order chi connectivity index (χ0) is 13.6. The van der Waals surface area contributed by atoms with Gasteiger partial charge in [0.05, 0.1) is 6.26 Å². The first-order valence-corrected chi connectivity index (χ1v) is 6.58. The zero-order valence-corrected chi connectivity index (χ0v) is 11.4. The maximum absolute atomic E-state index is 10.9. The smallest absolute Gasteiger partial charge is 0.407 e. The highest BCUT2D eigenvalue weighted by Crippen LogP contribution is 2.06. The fourth-order valence-corrected chi connectivity index (χ4v) is 0.543. The van der Waals surface area contributed by atoms with Crippen LogP contribution in [-0.4, -0.2) is 37.0 Å². The van der Waals surface area contributed by atoms with E-state index >= 15 is 0 Å². The molecule has 0 aromatic rings. The van der Waals surface area contributed by atoms with E-state index in [2.05, 4.69) is 5.32 Å². The summed E-state index contributed by atoms with van der Waals surface area (Å²) in [6.45, 7) is 9.31. The Morgan fingerprint density at radius 3 is 1.81 bits per heavy atom. The summed E-state index contributed by atoms with van der Waals surface area (Å²) in [5.74, 6) is 0. The van der Waals surface area contributed by atoms with Crippen LogP contribution >= 0.6 is 0 Å². The van der Waals surface area contributed by atoms with Gasteiger partial charge in [-0.25, -0.2) is 4.79 Å². The Hall–Kier alpha value is -0.820. The molecule has 0 saturated carbocycles. The first kappa shape index (κ1) is 17.6. The molecule has 0 aliphatic heterocycles. The van der Waals surface area contributed by atoms with Crippen LogP contribution in [0.4, 0.5) is 4.79 Å². The molecule has 7 heteroatoms. The van der Waals surface area contributed by atoms with Crippen LogP contribution in [0.5, 0.6) is 0 Å². The Bertz CT molecular complexity index is 294. The van der Waals surface area contributed by atoms with E-state index in [1.54, 1.807) is 0 Å². The number of alkyl carbamates (subject to hydrolysis) is 1. The van der Waals surface area contributed by atoms with E-state index < -0.39 is 15.7 Å². The second-order valence-electron chi connectivity index (χ2n) is 4.53. The predicted molar refractivity (Wildman–Crippen MR) is 62.0 cm³/mol. The average molecular weight is 255 g/mol. The van der Waals surface area contributed by atoms with E-state index in [-0.39, 0.29) is 12.1 Å². The molecule has 0 radical (unpaired) electrons. The Balaban J connectivity index is 0. The maximum Gasteiger partial charge on any atom is 0.407 e. The van der Waals surface area contributed by atoms with Gasteiger partial charge < -0.3 is 10.1 Å². The van der Waals surface area contributed by atoms with Crippen LogP contribution in [0.15, 0.2) is 0 Å². The number of carbonyl (C=O) groups is 1. The fourth-order valence-electron chi connectivity index (χ4n) is 0.543. The third kappa shape index (κ3) is 29.2. The van der Waals surface area contributed by atoms with E-state index in [0.29, 0.717) is 6.26 Å². The van der Waals surface area contributed by atoms with E-state index in [9.17, 15) is 13.2 Å². The first-order chi connectivity index (χ1) is 6.81. The third-order valence-electron chi connectivity index (χ3n) is 0.805. The van der Waals surface area contributed by atoms with Crippen molar-refractivity contribution in [2.75, 3.05) is 6.26 Å². The van der Waals surface area contributed by atoms with Crippen molar-refractivity contribution < 1.29 is 22.5 Å². The lowest BCUT2D eigenvalue weighted by atomic mass is 10.2. The second-order valence-corrected chi connectivity index (χ2v) is 6.00. The van der Waals surface area contributed by atoms with Gasteiger partial charge in [0.2, 0.25) is 0 Å². The van der Waals surface area contributed by atoms with Gasteiger partial charge in [0, 0.05) is 6.04 Å². The van der Waals surface area contributed by atoms with Gasteiger partial charge in [-0.1, -0.05) is 0 Å². The topological polar surface area (TPSA) is 92.7 Å². The molecule has 0 fully saturated rings. The van der Waals surface area contributed by atoms with E-state index in [1.807, 2.05) is 34.6 Å². The molecule has 0 aliphatic rings. The molecule has 0 bridgehead atoms. The summed E-state index contributed by atoms with van der Waals surface area (Å²) in [5, 5.41) is 2.64. The quantitative estimate of drug-likeness (QED) is 0.691. The molecule has 2 N–H and O–H groups in total. The SMILES string of the molecule is CC(C)NC(=O)OC(C)(C)C.CS(=O)(=O)O. The highest BCUT2D eigenvalue weighted by molar-refractivity contribution is 7.85. The Morgan fingerprint density at radius 1 is 1.31 bits per heavy atom. The summed E-state index contributed by atoms with van der Waals surface area (Å²) in [7, 11) is -3.67. The minimum atomic E-state index is -3.67. The molecule has 0 aromatic carbocycles. The Labute approximate surface area is 97.1 Å².